The van der Waals surface area contributed by atoms with Crippen molar-refractivity contribution >= 4 is 0 Å². The maximum Gasteiger partial charge on any atom is 0.387 e. The van der Waals surface area contributed by atoms with Gasteiger partial charge in [-0.1, -0.05) is 26.0 Å². The molecule has 0 amide bonds. The number of halogens is 2. The molecule has 0 heterocycles. The largest absolute Gasteiger partial charge is 0.435 e. The summed E-state index contributed by atoms with van der Waals surface area (Å²) in [5, 5.41) is 13.5. The van der Waals surface area contributed by atoms with Crippen LogP contribution >= 0.6 is 0 Å². The number of benzene rings is 1. The van der Waals surface area contributed by atoms with Crippen LogP contribution in [0.15, 0.2) is 24.3 Å². The van der Waals surface area contributed by atoms with E-state index in [1.54, 1.807) is 12.1 Å². The van der Waals surface area contributed by atoms with E-state index in [0.717, 1.165) is 5.56 Å². The van der Waals surface area contributed by atoms with Crippen molar-refractivity contribution in [3.05, 3.63) is 29.8 Å². The molecule has 0 radical (unpaired) electrons. The number of hydrogen-bond donors (Lipinski definition) is 2. The molecule has 0 fully saturated rings. The molecule has 0 aliphatic carbocycles. The fourth-order valence-corrected chi connectivity index (χ4v) is 2.38. The van der Waals surface area contributed by atoms with E-state index in [-0.39, 0.29) is 11.8 Å². The van der Waals surface area contributed by atoms with Crippen molar-refractivity contribution < 1.29 is 18.6 Å². The summed E-state index contributed by atoms with van der Waals surface area (Å²) in [6, 6.07) is 6.54. The fraction of sp³-hybridized carbons (Fsp3) is 0.625. The third-order valence-corrected chi connectivity index (χ3v) is 3.24. The lowest BCUT2D eigenvalue weighted by atomic mass is 9.94. The molecule has 0 bridgehead atoms. The molecule has 2 N–H and O–H groups in total. The predicted molar refractivity (Wildman–Crippen MR) is 79.6 cm³/mol. The molecule has 0 aliphatic rings. The normalized spacial score (nSPS) is 16.0. The minimum absolute atomic E-state index is 0.0178. The predicted octanol–water partition coefficient (Wildman–Crippen LogP) is 3.74. The zero-order valence-electron chi connectivity index (χ0n) is 13.1. The van der Waals surface area contributed by atoms with Crippen LogP contribution in [-0.4, -0.2) is 23.9 Å². The molecule has 2 unspecified atom stereocenters. The third kappa shape index (κ3) is 6.87. The number of hydrogen-bond acceptors (Lipinski definition) is 3. The number of ether oxygens (including phenoxy) is 1. The van der Waals surface area contributed by atoms with E-state index < -0.39 is 12.2 Å². The SMILES string of the molecule is CC(C)CC(C)(O)CNC(C)c1ccc(OC(F)F)cc1. The van der Waals surface area contributed by atoms with Crippen molar-refractivity contribution in [3.63, 3.8) is 0 Å². The van der Waals surface area contributed by atoms with E-state index in [0.29, 0.717) is 18.9 Å². The third-order valence-electron chi connectivity index (χ3n) is 3.24. The molecule has 0 aromatic heterocycles. The van der Waals surface area contributed by atoms with Crippen LogP contribution in [0.1, 0.15) is 45.7 Å². The fourth-order valence-electron chi connectivity index (χ4n) is 2.38. The van der Waals surface area contributed by atoms with Gasteiger partial charge in [0.25, 0.3) is 0 Å². The minimum Gasteiger partial charge on any atom is -0.435 e. The molecule has 120 valence electrons. The molecule has 5 heteroatoms. The van der Waals surface area contributed by atoms with Crippen LogP contribution in [0.2, 0.25) is 0 Å². The molecule has 3 nitrogen and oxygen atoms in total. The van der Waals surface area contributed by atoms with Gasteiger partial charge in [-0.05, 0) is 43.9 Å². The van der Waals surface area contributed by atoms with Gasteiger partial charge in [0, 0.05) is 12.6 Å². The first-order valence-electron chi connectivity index (χ1n) is 7.20. The number of nitrogens with one attached hydrogen (secondary N) is 1. The van der Waals surface area contributed by atoms with Gasteiger partial charge >= 0.3 is 6.61 Å². The van der Waals surface area contributed by atoms with Crippen LogP contribution < -0.4 is 10.1 Å². The Bertz CT molecular complexity index is 419. The summed E-state index contributed by atoms with van der Waals surface area (Å²) in [6.07, 6.45) is 0.716. The topological polar surface area (TPSA) is 41.5 Å². The van der Waals surface area contributed by atoms with Gasteiger partial charge in [-0.15, -0.1) is 0 Å². The van der Waals surface area contributed by atoms with Crippen LogP contribution in [0.25, 0.3) is 0 Å². The molecular formula is C16H25F2NO2. The van der Waals surface area contributed by atoms with Gasteiger partial charge in [-0.2, -0.15) is 8.78 Å². The zero-order chi connectivity index (χ0) is 16.0. The minimum atomic E-state index is -2.81. The molecule has 0 spiro atoms. The summed E-state index contributed by atoms with van der Waals surface area (Å²) in [4.78, 5) is 0. The first-order chi connectivity index (χ1) is 9.69. The molecule has 1 aromatic carbocycles. The van der Waals surface area contributed by atoms with Gasteiger partial charge in [-0.3, -0.25) is 0 Å². The van der Waals surface area contributed by atoms with Crippen molar-refractivity contribution in [2.24, 2.45) is 5.92 Å². The Morgan fingerprint density at radius 3 is 2.24 bits per heavy atom. The summed E-state index contributed by atoms with van der Waals surface area (Å²) >= 11 is 0. The molecule has 21 heavy (non-hydrogen) atoms. The molecule has 0 saturated carbocycles. The second kappa shape index (κ2) is 7.71. The lowest BCUT2D eigenvalue weighted by Crippen LogP contribution is -2.39. The van der Waals surface area contributed by atoms with E-state index in [1.165, 1.54) is 12.1 Å². The highest BCUT2D eigenvalue weighted by Crippen LogP contribution is 2.21. The Hall–Kier alpha value is -1.20. The van der Waals surface area contributed by atoms with Crippen LogP contribution in [0.4, 0.5) is 8.78 Å². The van der Waals surface area contributed by atoms with Crippen LogP contribution in [0.3, 0.4) is 0 Å². The van der Waals surface area contributed by atoms with Crippen LogP contribution in [0.5, 0.6) is 5.75 Å². The highest BCUT2D eigenvalue weighted by Gasteiger charge is 2.22. The average Bonchev–Trinajstić information content (AvgIpc) is 2.34. The standard InChI is InChI=1S/C16H25F2NO2/c1-11(2)9-16(4,20)10-19-12(3)13-5-7-14(8-6-13)21-15(17)18/h5-8,11-12,15,19-20H,9-10H2,1-4H3. The van der Waals surface area contributed by atoms with Gasteiger partial charge in [0.05, 0.1) is 5.60 Å². The van der Waals surface area contributed by atoms with E-state index in [2.05, 4.69) is 23.9 Å². The van der Waals surface area contributed by atoms with Gasteiger partial charge in [0.1, 0.15) is 5.75 Å². The maximum absolute atomic E-state index is 12.1. The van der Waals surface area contributed by atoms with Crippen molar-refractivity contribution in [1.29, 1.82) is 0 Å². The first-order valence-corrected chi connectivity index (χ1v) is 7.20. The second-order valence-corrected chi connectivity index (χ2v) is 6.15. The highest BCUT2D eigenvalue weighted by atomic mass is 19.3. The molecule has 1 rings (SSSR count). The van der Waals surface area contributed by atoms with Crippen molar-refractivity contribution in [2.75, 3.05) is 6.54 Å². The summed E-state index contributed by atoms with van der Waals surface area (Å²) in [6.45, 7) is 5.58. The molecule has 2 atom stereocenters. The lowest BCUT2D eigenvalue weighted by Gasteiger charge is -2.27. The quantitative estimate of drug-likeness (QED) is 0.768. The van der Waals surface area contributed by atoms with E-state index in [9.17, 15) is 13.9 Å². The summed E-state index contributed by atoms with van der Waals surface area (Å²) in [5.74, 6) is 0.565. The van der Waals surface area contributed by atoms with Crippen molar-refractivity contribution in [2.45, 2.75) is 52.4 Å². The van der Waals surface area contributed by atoms with Crippen molar-refractivity contribution in [1.82, 2.24) is 5.32 Å². The van der Waals surface area contributed by atoms with E-state index >= 15 is 0 Å². The number of aliphatic hydroxyl groups is 1. The van der Waals surface area contributed by atoms with E-state index in [1.807, 2.05) is 13.8 Å². The first kappa shape index (κ1) is 17.9. The molecule has 0 aliphatic heterocycles. The Morgan fingerprint density at radius 1 is 1.19 bits per heavy atom. The second-order valence-electron chi connectivity index (χ2n) is 6.15. The van der Waals surface area contributed by atoms with Gasteiger partial charge < -0.3 is 15.2 Å². The summed E-state index contributed by atoms with van der Waals surface area (Å²) in [5.41, 5.74) is 0.193. The Balaban J connectivity index is 2.53. The highest BCUT2D eigenvalue weighted by molar-refractivity contribution is 5.29. The van der Waals surface area contributed by atoms with Gasteiger partial charge in [0.15, 0.2) is 0 Å². The zero-order valence-corrected chi connectivity index (χ0v) is 13.1. The Kier molecular flexibility index (Phi) is 6.55. The summed E-state index contributed by atoms with van der Waals surface area (Å²) < 4.78 is 28.5. The average molecular weight is 301 g/mol. The Morgan fingerprint density at radius 2 is 1.76 bits per heavy atom. The van der Waals surface area contributed by atoms with Crippen LogP contribution in [-0.2, 0) is 0 Å². The van der Waals surface area contributed by atoms with Gasteiger partial charge in [0.2, 0.25) is 0 Å². The maximum atomic E-state index is 12.1. The summed E-state index contributed by atoms with van der Waals surface area (Å²) in [7, 11) is 0. The number of rotatable bonds is 8. The van der Waals surface area contributed by atoms with Gasteiger partial charge in [-0.25, -0.2) is 0 Å². The molecule has 1 aromatic rings. The lowest BCUT2D eigenvalue weighted by molar-refractivity contribution is -0.0498. The monoisotopic (exact) mass is 301 g/mol. The molecular weight excluding hydrogens is 276 g/mol. The smallest absolute Gasteiger partial charge is 0.387 e. The van der Waals surface area contributed by atoms with E-state index in [4.69, 9.17) is 0 Å². The Labute approximate surface area is 125 Å². The molecule has 0 saturated heterocycles. The number of alkyl halides is 2. The van der Waals surface area contributed by atoms with Crippen molar-refractivity contribution in [3.8, 4) is 5.75 Å². The van der Waals surface area contributed by atoms with Crippen LogP contribution in [0, 0.1) is 5.92 Å².